The second-order valence-electron chi connectivity index (χ2n) is 7.50. The Morgan fingerprint density at radius 1 is 0.964 bits per heavy atom. The zero-order valence-corrected chi connectivity index (χ0v) is 16.6. The van der Waals surface area contributed by atoms with Gasteiger partial charge in [-0.2, -0.15) is 0 Å². The maximum absolute atomic E-state index is 12.9. The van der Waals surface area contributed by atoms with Gasteiger partial charge in [-0.15, -0.1) is 0 Å². The summed E-state index contributed by atoms with van der Waals surface area (Å²) >= 11 is 5.97. The molecule has 2 amide bonds. The number of quaternary nitrogens is 1. The number of hydrogen-bond donors (Lipinski definition) is 1. The molecule has 28 heavy (non-hydrogen) atoms. The molecule has 1 N–H and O–H groups in total. The van der Waals surface area contributed by atoms with Crippen molar-refractivity contribution in [3.8, 4) is 0 Å². The topological polar surface area (TPSA) is 45.1 Å². The van der Waals surface area contributed by atoms with Crippen LogP contribution < -0.4 is 9.80 Å². The average Bonchev–Trinajstić information content (AvgIpc) is 3.01. The Morgan fingerprint density at radius 2 is 1.64 bits per heavy atom. The molecule has 0 aromatic heterocycles. The molecule has 2 aromatic carbocycles. The lowest BCUT2D eigenvalue weighted by Crippen LogP contribution is -3.19. The largest absolute Gasteiger partial charge is 0.360 e. The Bertz CT molecular complexity index is 833. The number of carbonyl (C=O) groups excluding carboxylic acids is 2. The van der Waals surface area contributed by atoms with Crippen LogP contribution in [0.5, 0.6) is 0 Å². The zero-order valence-electron chi connectivity index (χ0n) is 15.8. The highest BCUT2D eigenvalue weighted by Gasteiger charge is 2.45. The van der Waals surface area contributed by atoms with Gasteiger partial charge in [-0.05, 0) is 36.2 Å². The minimum atomic E-state index is -0.226. The van der Waals surface area contributed by atoms with Gasteiger partial charge in [0.15, 0.2) is 6.04 Å². The Balaban J connectivity index is 1.33. The van der Waals surface area contributed by atoms with Crippen molar-refractivity contribution in [1.29, 1.82) is 0 Å². The van der Waals surface area contributed by atoms with E-state index in [4.69, 9.17) is 11.6 Å². The molecule has 2 fully saturated rings. The molecule has 146 valence electrons. The smallest absolute Gasteiger partial charge is 0.288 e. The highest BCUT2D eigenvalue weighted by atomic mass is 35.5. The zero-order chi connectivity index (χ0) is 19.5. The van der Waals surface area contributed by atoms with Crippen LogP contribution >= 0.6 is 11.6 Å². The van der Waals surface area contributed by atoms with Gasteiger partial charge < -0.3 is 9.80 Å². The van der Waals surface area contributed by atoms with Crippen LogP contribution in [0.25, 0.3) is 0 Å². The SMILES string of the molecule is O=C1CC([NH+]2CCN(c3ccc(Cl)cc3)CC2)C(=O)N1CCc1ccccc1. The van der Waals surface area contributed by atoms with Crippen molar-refractivity contribution in [1.82, 2.24) is 4.90 Å². The summed E-state index contributed by atoms with van der Waals surface area (Å²) in [6.07, 6.45) is 1.05. The number of hydrogen-bond acceptors (Lipinski definition) is 3. The van der Waals surface area contributed by atoms with Gasteiger partial charge in [0.05, 0.1) is 32.6 Å². The van der Waals surface area contributed by atoms with Crippen LogP contribution in [0.2, 0.25) is 5.02 Å². The number of piperazine rings is 1. The summed E-state index contributed by atoms with van der Waals surface area (Å²) in [5.74, 6) is -0.0329. The number of anilines is 1. The maximum atomic E-state index is 12.9. The van der Waals surface area contributed by atoms with E-state index in [0.29, 0.717) is 19.4 Å². The first-order chi connectivity index (χ1) is 13.6. The monoisotopic (exact) mass is 398 g/mol. The van der Waals surface area contributed by atoms with Crippen LogP contribution in [0.4, 0.5) is 5.69 Å². The summed E-state index contributed by atoms with van der Waals surface area (Å²) in [5.41, 5.74) is 2.30. The number of carbonyl (C=O) groups is 2. The van der Waals surface area contributed by atoms with Gasteiger partial charge in [0.2, 0.25) is 5.91 Å². The van der Waals surface area contributed by atoms with Gasteiger partial charge in [-0.1, -0.05) is 41.9 Å². The van der Waals surface area contributed by atoms with Crippen molar-refractivity contribution in [2.24, 2.45) is 0 Å². The first-order valence-electron chi connectivity index (χ1n) is 9.85. The van der Waals surface area contributed by atoms with Crippen molar-refractivity contribution in [2.45, 2.75) is 18.9 Å². The summed E-state index contributed by atoms with van der Waals surface area (Å²) < 4.78 is 0. The number of nitrogens with one attached hydrogen (secondary N) is 1. The van der Waals surface area contributed by atoms with Crippen LogP contribution in [0, 0.1) is 0 Å². The van der Waals surface area contributed by atoms with Crippen molar-refractivity contribution in [2.75, 3.05) is 37.6 Å². The lowest BCUT2D eigenvalue weighted by molar-refractivity contribution is -0.915. The molecular weight excluding hydrogens is 374 g/mol. The van der Waals surface area contributed by atoms with E-state index >= 15 is 0 Å². The molecule has 0 bridgehead atoms. The molecule has 1 unspecified atom stereocenters. The van der Waals surface area contributed by atoms with E-state index in [1.807, 2.05) is 54.6 Å². The molecule has 2 aliphatic rings. The second kappa shape index (κ2) is 8.33. The Hall–Kier alpha value is -2.37. The van der Waals surface area contributed by atoms with E-state index < -0.39 is 0 Å². The normalized spacial score (nSPS) is 20.8. The summed E-state index contributed by atoms with van der Waals surface area (Å²) in [6, 6.07) is 17.6. The fourth-order valence-electron chi connectivity index (χ4n) is 4.18. The molecule has 5 nitrogen and oxygen atoms in total. The number of benzene rings is 2. The molecular formula is C22H25ClN3O2+. The average molecular weight is 399 g/mol. The third-order valence-electron chi connectivity index (χ3n) is 5.80. The van der Waals surface area contributed by atoms with Gasteiger partial charge in [-0.3, -0.25) is 14.5 Å². The standard InChI is InChI=1S/C22H24ClN3O2/c23-18-6-8-19(9-7-18)24-12-14-25(15-13-24)20-16-21(27)26(22(20)28)11-10-17-4-2-1-3-5-17/h1-9,20H,10-16H2/p+1. The number of amides is 2. The van der Waals surface area contributed by atoms with Gasteiger partial charge in [0, 0.05) is 17.3 Å². The summed E-state index contributed by atoms with van der Waals surface area (Å²) in [6.45, 7) is 3.94. The predicted octanol–water partition coefficient (Wildman–Crippen LogP) is 1.42. The van der Waals surface area contributed by atoms with Crippen molar-refractivity contribution in [3.05, 3.63) is 65.2 Å². The third kappa shape index (κ3) is 4.05. The molecule has 2 aromatic rings. The lowest BCUT2D eigenvalue weighted by atomic mass is 10.1. The first-order valence-corrected chi connectivity index (χ1v) is 10.2. The number of nitrogens with zero attached hydrogens (tertiary/aromatic N) is 2. The number of rotatable bonds is 5. The van der Waals surface area contributed by atoms with Gasteiger partial charge >= 0.3 is 0 Å². The second-order valence-corrected chi connectivity index (χ2v) is 7.93. The van der Waals surface area contributed by atoms with Gasteiger partial charge in [0.1, 0.15) is 0 Å². The first kappa shape index (κ1) is 19.0. The maximum Gasteiger partial charge on any atom is 0.288 e. The van der Waals surface area contributed by atoms with E-state index in [1.54, 1.807) is 0 Å². The fourth-order valence-corrected chi connectivity index (χ4v) is 4.30. The van der Waals surface area contributed by atoms with E-state index in [2.05, 4.69) is 4.90 Å². The van der Waals surface area contributed by atoms with Crippen LogP contribution in [0.1, 0.15) is 12.0 Å². The number of halogens is 1. The van der Waals surface area contributed by atoms with E-state index in [0.717, 1.165) is 42.5 Å². The number of likely N-dealkylation sites (tertiary alicyclic amines) is 1. The predicted molar refractivity (Wildman–Crippen MR) is 110 cm³/mol. The summed E-state index contributed by atoms with van der Waals surface area (Å²) in [4.78, 5) is 30.3. The number of imide groups is 1. The fraction of sp³-hybridized carbons (Fsp3) is 0.364. The molecule has 2 aliphatic heterocycles. The highest BCUT2D eigenvalue weighted by molar-refractivity contribution is 6.30. The Kier molecular flexibility index (Phi) is 5.64. The van der Waals surface area contributed by atoms with Gasteiger partial charge in [-0.25, -0.2) is 0 Å². The third-order valence-corrected chi connectivity index (χ3v) is 6.05. The van der Waals surface area contributed by atoms with Crippen LogP contribution in [0.15, 0.2) is 54.6 Å². The highest BCUT2D eigenvalue weighted by Crippen LogP contribution is 2.18. The molecule has 1 atom stereocenters. The Morgan fingerprint density at radius 3 is 2.32 bits per heavy atom. The molecule has 2 heterocycles. The minimum absolute atomic E-state index is 0.00382. The van der Waals surface area contributed by atoms with Gasteiger partial charge in [0.25, 0.3) is 5.91 Å². The van der Waals surface area contributed by atoms with Crippen LogP contribution in [-0.4, -0.2) is 55.5 Å². The van der Waals surface area contributed by atoms with Crippen molar-refractivity contribution >= 4 is 29.1 Å². The molecule has 2 saturated heterocycles. The quantitative estimate of drug-likeness (QED) is 0.775. The molecule has 0 spiro atoms. The molecule has 4 rings (SSSR count). The minimum Gasteiger partial charge on any atom is -0.360 e. The molecule has 0 saturated carbocycles. The molecule has 0 aliphatic carbocycles. The van der Waals surface area contributed by atoms with E-state index in [9.17, 15) is 9.59 Å². The van der Waals surface area contributed by atoms with Crippen LogP contribution in [0.3, 0.4) is 0 Å². The molecule has 6 heteroatoms. The van der Waals surface area contributed by atoms with E-state index in [-0.39, 0.29) is 17.9 Å². The molecule has 0 radical (unpaired) electrons. The lowest BCUT2D eigenvalue weighted by Gasteiger charge is -2.35. The van der Waals surface area contributed by atoms with Crippen LogP contribution in [-0.2, 0) is 16.0 Å². The van der Waals surface area contributed by atoms with Crippen molar-refractivity contribution < 1.29 is 14.5 Å². The van der Waals surface area contributed by atoms with E-state index in [1.165, 1.54) is 9.80 Å². The summed E-state index contributed by atoms with van der Waals surface area (Å²) in [5, 5.41) is 0.735. The summed E-state index contributed by atoms with van der Waals surface area (Å²) in [7, 11) is 0. The van der Waals surface area contributed by atoms with Crippen molar-refractivity contribution in [3.63, 3.8) is 0 Å². The Labute approximate surface area is 170 Å².